The number of amides is 1. The molecule has 1 aliphatic heterocycles. The maximum absolute atomic E-state index is 12.3. The molecule has 1 aromatic carbocycles. The summed E-state index contributed by atoms with van der Waals surface area (Å²) in [5.41, 5.74) is 1.25. The molecule has 122 valence electrons. The predicted molar refractivity (Wildman–Crippen MR) is 89.2 cm³/mol. The summed E-state index contributed by atoms with van der Waals surface area (Å²) in [6, 6.07) is 9.29. The van der Waals surface area contributed by atoms with Crippen LogP contribution in [0.1, 0.15) is 10.4 Å². The highest BCUT2D eigenvalue weighted by Gasteiger charge is 2.21. The summed E-state index contributed by atoms with van der Waals surface area (Å²) < 4.78 is 22.8. The highest BCUT2D eigenvalue weighted by atomic mass is 32.2. The fourth-order valence-corrected chi connectivity index (χ4v) is 3.96. The smallest absolute Gasteiger partial charge is 0.253 e. The van der Waals surface area contributed by atoms with E-state index < -0.39 is 9.84 Å². The number of nitrogens with one attached hydrogen (secondary N) is 1. The fraction of sp³-hybridized carbons (Fsp3) is 0.375. The van der Waals surface area contributed by atoms with Gasteiger partial charge in [0.15, 0.2) is 9.84 Å². The van der Waals surface area contributed by atoms with Gasteiger partial charge in [-0.05, 0) is 12.1 Å². The van der Waals surface area contributed by atoms with E-state index in [0.717, 1.165) is 5.39 Å². The van der Waals surface area contributed by atoms with E-state index in [-0.39, 0.29) is 17.4 Å². The van der Waals surface area contributed by atoms with E-state index in [2.05, 4.69) is 15.2 Å². The number of carbonyl (C=O) groups excluding carboxylic acids is 1. The van der Waals surface area contributed by atoms with Crippen molar-refractivity contribution in [2.45, 2.75) is 0 Å². The third-order valence-corrected chi connectivity index (χ3v) is 5.64. The van der Waals surface area contributed by atoms with Crippen LogP contribution in [-0.4, -0.2) is 61.9 Å². The molecular formula is C16H19N3O3S. The van der Waals surface area contributed by atoms with Gasteiger partial charge in [0.1, 0.15) is 0 Å². The Balaban J connectivity index is 1.57. The van der Waals surface area contributed by atoms with Crippen molar-refractivity contribution in [3.8, 4) is 0 Å². The average Bonchev–Trinajstić information content (AvgIpc) is 2.56. The number of nitrogens with zero attached hydrogens (tertiary/aromatic N) is 2. The molecule has 1 N–H and O–H groups in total. The lowest BCUT2D eigenvalue weighted by molar-refractivity contribution is 0.0950. The van der Waals surface area contributed by atoms with E-state index in [0.29, 0.717) is 37.3 Å². The molecule has 1 aliphatic rings. The fourth-order valence-electron chi connectivity index (χ4n) is 2.68. The Hall–Kier alpha value is -1.99. The molecule has 1 saturated heterocycles. The summed E-state index contributed by atoms with van der Waals surface area (Å²) in [5.74, 6) is 0.251. The van der Waals surface area contributed by atoms with Gasteiger partial charge in [-0.3, -0.25) is 14.7 Å². The third kappa shape index (κ3) is 3.86. The van der Waals surface area contributed by atoms with Gasteiger partial charge in [0.25, 0.3) is 5.91 Å². The Kier molecular flexibility index (Phi) is 4.58. The van der Waals surface area contributed by atoms with Gasteiger partial charge in [-0.1, -0.05) is 18.2 Å². The Morgan fingerprint density at radius 3 is 2.70 bits per heavy atom. The van der Waals surface area contributed by atoms with Gasteiger partial charge in [0.05, 0.1) is 22.6 Å². The lowest BCUT2D eigenvalue weighted by atomic mass is 10.1. The first-order valence-corrected chi connectivity index (χ1v) is 9.42. The normalized spacial score (nSPS) is 17.9. The Labute approximate surface area is 135 Å². The maximum Gasteiger partial charge on any atom is 0.253 e. The zero-order valence-electron chi connectivity index (χ0n) is 12.7. The van der Waals surface area contributed by atoms with Crippen LogP contribution in [0.4, 0.5) is 0 Å². The molecule has 0 saturated carbocycles. The SMILES string of the molecule is O=C(NCCN1CCS(=O)(=O)CC1)c1cccc2cccnc12. The summed E-state index contributed by atoms with van der Waals surface area (Å²) in [7, 11) is -2.86. The molecule has 7 heteroatoms. The predicted octanol–water partition coefficient (Wildman–Crippen LogP) is 0.695. The molecule has 3 rings (SSSR count). The molecule has 1 fully saturated rings. The summed E-state index contributed by atoms with van der Waals surface area (Å²) >= 11 is 0. The van der Waals surface area contributed by atoms with Crippen molar-refractivity contribution >= 4 is 26.6 Å². The van der Waals surface area contributed by atoms with Gasteiger partial charge >= 0.3 is 0 Å². The third-order valence-electron chi connectivity index (χ3n) is 4.03. The number of aromatic nitrogens is 1. The lowest BCUT2D eigenvalue weighted by Gasteiger charge is -2.26. The summed E-state index contributed by atoms with van der Waals surface area (Å²) in [6.45, 7) is 2.21. The number of benzene rings is 1. The average molecular weight is 333 g/mol. The van der Waals surface area contributed by atoms with Gasteiger partial charge in [-0.15, -0.1) is 0 Å². The molecule has 6 nitrogen and oxygen atoms in total. The van der Waals surface area contributed by atoms with E-state index in [1.165, 1.54) is 0 Å². The van der Waals surface area contributed by atoms with E-state index in [9.17, 15) is 13.2 Å². The highest BCUT2D eigenvalue weighted by molar-refractivity contribution is 7.91. The Morgan fingerprint density at radius 1 is 1.17 bits per heavy atom. The summed E-state index contributed by atoms with van der Waals surface area (Å²) in [6.07, 6.45) is 1.67. The van der Waals surface area contributed by atoms with Gasteiger partial charge in [0.2, 0.25) is 0 Å². The zero-order valence-corrected chi connectivity index (χ0v) is 13.6. The second kappa shape index (κ2) is 6.64. The van der Waals surface area contributed by atoms with E-state index in [1.54, 1.807) is 12.3 Å². The van der Waals surface area contributed by atoms with Crippen LogP contribution in [-0.2, 0) is 9.84 Å². The summed E-state index contributed by atoms with van der Waals surface area (Å²) in [5, 5.41) is 3.82. The van der Waals surface area contributed by atoms with Crippen LogP contribution in [0.15, 0.2) is 36.5 Å². The topological polar surface area (TPSA) is 79.4 Å². The molecule has 0 spiro atoms. The van der Waals surface area contributed by atoms with Crippen molar-refractivity contribution in [1.82, 2.24) is 15.2 Å². The zero-order chi connectivity index (χ0) is 16.3. The molecule has 0 unspecified atom stereocenters. The Bertz CT molecular complexity index is 801. The molecule has 0 radical (unpaired) electrons. The molecule has 2 heterocycles. The number of hydrogen-bond donors (Lipinski definition) is 1. The standard InChI is InChI=1S/C16H19N3O3S/c20-16(14-5-1-3-13-4-2-6-17-15(13)14)18-7-8-19-9-11-23(21,22)12-10-19/h1-6H,7-12H2,(H,18,20). The number of carbonyl (C=O) groups is 1. The number of fused-ring (bicyclic) bond motifs is 1. The van der Waals surface area contributed by atoms with Crippen LogP contribution < -0.4 is 5.32 Å². The number of hydrogen-bond acceptors (Lipinski definition) is 5. The van der Waals surface area contributed by atoms with Crippen LogP contribution in [0.5, 0.6) is 0 Å². The first-order valence-electron chi connectivity index (χ1n) is 7.60. The summed E-state index contributed by atoms with van der Waals surface area (Å²) in [4.78, 5) is 18.7. The monoisotopic (exact) mass is 333 g/mol. The number of sulfone groups is 1. The first kappa shape index (κ1) is 15.9. The van der Waals surface area contributed by atoms with E-state index >= 15 is 0 Å². The number of rotatable bonds is 4. The molecule has 0 bridgehead atoms. The van der Waals surface area contributed by atoms with E-state index in [4.69, 9.17) is 0 Å². The molecule has 23 heavy (non-hydrogen) atoms. The first-order chi connectivity index (χ1) is 11.1. The van der Waals surface area contributed by atoms with Gasteiger partial charge < -0.3 is 5.32 Å². The molecule has 2 aromatic rings. The largest absolute Gasteiger partial charge is 0.351 e. The van der Waals surface area contributed by atoms with Crippen LogP contribution in [0.2, 0.25) is 0 Å². The van der Waals surface area contributed by atoms with Crippen LogP contribution in [0.3, 0.4) is 0 Å². The second-order valence-corrected chi connectivity index (χ2v) is 7.93. The van der Waals surface area contributed by atoms with Gasteiger partial charge in [0, 0.05) is 37.8 Å². The van der Waals surface area contributed by atoms with Crippen LogP contribution in [0, 0.1) is 0 Å². The molecule has 1 amide bonds. The molecular weight excluding hydrogens is 314 g/mol. The van der Waals surface area contributed by atoms with Crippen molar-refractivity contribution in [1.29, 1.82) is 0 Å². The lowest BCUT2D eigenvalue weighted by Crippen LogP contribution is -2.43. The van der Waals surface area contributed by atoms with Crippen molar-refractivity contribution in [3.05, 3.63) is 42.1 Å². The number of para-hydroxylation sites is 1. The van der Waals surface area contributed by atoms with Gasteiger partial charge in [-0.2, -0.15) is 0 Å². The van der Waals surface area contributed by atoms with Crippen molar-refractivity contribution in [3.63, 3.8) is 0 Å². The van der Waals surface area contributed by atoms with Gasteiger partial charge in [-0.25, -0.2) is 8.42 Å². The van der Waals surface area contributed by atoms with Crippen LogP contribution >= 0.6 is 0 Å². The quantitative estimate of drug-likeness (QED) is 0.891. The minimum Gasteiger partial charge on any atom is -0.351 e. The molecule has 0 aliphatic carbocycles. The minimum atomic E-state index is -2.86. The maximum atomic E-state index is 12.3. The van der Waals surface area contributed by atoms with Crippen molar-refractivity contribution < 1.29 is 13.2 Å². The Morgan fingerprint density at radius 2 is 1.91 bits per heavy atom. The minimum absolute atomic E-state index is 0.154. The van der Waals surface area contributed by atoms with Crippen molar-refractivity contribution in [2.75, 3.05) is 37.7 Å². The molecule has 0 atom stereocenters. The van der Waals surface area contributed by atoms with E-state index in [1.807, 2.05) is 24.3 Å². The highest BCUT2D eigenvalue weighted by Crippen LogP contribution is 2.15. The van der Waals surface area contributed by atoms with Crippen molar-refractivity contribution in [2.24, 2.45) is 0 Å². The second-order valence-electron chi connectivity index (χ2n) is 5.63. The molecule has 1 aromatic heterocycles. The number of pyridine rings is 1. The van der Waals surface area contributed by atoms with Crippen LogP contribution in [0.25, 0.3) is 10.9 Å².